The first-order valence-electron chi connectivity index (χ1n) is 7.29. The molecule has 0 heterocycles. The molecule has 0 bridgehead atoms. The third-order valence-electron chi connectivity index (χ3n) is 3.29. The molecule has 0 fully saturated rings. The minimum Gasteiger partial charge on any atom is -0.497 e. The summed E-state index contributed by atoms with van der Waals surface area (Å²) in [6.07, 6.45) is -0.631. The summed E-state index contributed by atoms with van der Waals surface area (Å²) >= 11 is 0. The average Bonchev–Trinajstić information content (AvgIpc) is 2.54. The van der Waals surface area contributed by atoms with E-state index in [1.165, 1.54) is 0 Å². The van der Waals surface area contributed by atoms with Crippen molar-refractivity contribution in [2.45, 2.75) is 20.0 Å². The van der Waals surface area contributed by atoms with E-state index in [1.807, 2.05) is 31.2 Å². The number of methoxy groups -OCH3 is 2. The van der Waals surface area contributed by atoms with Crippen LogP contribution in [0, 0.1) is 6.92 Å². The van der Waals surface area contributed by atoms with Gasteiger partial charge in [0.15, 0.2) is 6.10 Å². The van der Waals surface area contributed by atoms with Gasteiger partial charge in [-0.2, -0.15) is 0 Å². The third-order valence-corrected chi connectivity index (χ3v) is 3.29. The molecule has 1 N–H and O–H groups in total. The molecule has 5 nitrogen and oxygen atoms in total. The van der Waals surface area contributed by atoms with Gasteiger partial charge in [-0.25, -0.2) is 0 Å². The maximum absolute atomic E-state index is 12.3. The van der Waals surface area contributed by atoms with Crippen LogP contribution in [0.2, 0.25) is 0 Å². The number of rotatable bonds is 6. The molecule has 0 radical (unpaired) electrons. The Hall–Kier alpha value is -2.69. The fourth-order valence-electron chi connectivity index (χ4n) is 2.07. The molecule has 122 valence electrons. The van der Waals surface area contributed by atoms with Gasteiger partial charge < -0.3 is 19.5 Å². The summed E-state index contributed by atoms with van der Waals surface area (Å²) in [4.78, 5) is 12.3. The summed E-state index contributed by atoms with van der Waals surface area (Å²) in [6, 6.07) is 12.8. The van der Waals surface area contributed by atoms with E-state index in [1.54, 1.807) is 39.3 Å². The monoisotopic (exact) mass is 315 g/mol. The predicted octanol–water partition coefficient (Wildman–Crippen LogP) is 3.42. The van der Waals surface area contributed by atoms with Gasteiger partial charge in [0.2, 0.25) is 0 Å². The molecule has 0 saturated heterocycles. The molecular weight excluding hydrogens is 294 g/mol. The molecule has 2 aromatic carbocycles. The second-order valence-electron chi connectivity index (χ2n) is 5.17. The number of anilines is 1. The number of amides is 1. The fourth-order valence-corrected chi connectivity index (χ4v) is 2.07. The van der Waals surface area contributed by atoms with Crippen molar-refractivity contribution in [3.63, 3.8) is 0 Å². The SMILES string of the molecule is COc1cc(NC(=O)C(C)Oc2cccc(C)c2)cc(OC)c1. The van der Waals surface area contributed by atoms with Crippen LogP contribution in [0.15, 0.2) is 42.5 Å². The van der Waals surface area contributed by atoms with E-state index in [2.05, 4.69) is 5.32 Å². The van der Waals surface area contributed by atoms with E-state index in [9.17, 15) is 4.79 Å². The lowest BCUT2D eigenvalue weighted by molar-refractivity contribution is -0.122. The molecule has 23 heavy (non-hydrogen) atoms. The first-order chi connectivity index (χ1) is 11.0. The molecular formula is C18H21NO4. The van der Waals surface area contributed by atoms with Crippen LogP contribution >= 0.6 is 0 Å². The first-order valence-corrected chi connectivity index (χ1v) is 7.29. The number of ether oxygens (including phenoxy) is 3. The molecule has 0 aliphatic carbocycles. The van der Waals surface area contributed by atoms with Gasteiger partial charge in [-0.3, -0.25) is 4.79 Å². The highest BCUT2D eigenvalue weighted by molar-refractivity contribution is 5.94. The molecule has 2 aromatic rings. The van der Waals surface area contributed by atoms with Crippen LogP contribution in [-0.2, 0) is 4.79 Å². The van der Waals surface area contributed by atoms with E-state index in [0.717, 1.165) is 5.56 Å². The zero-order valence-electron chi connectivity index (χ0n) is 13.8. The molecule has 0 aliphatic rings. The van der Waals surface area contributed by atoms with Crippen molar-refractivity contribution >= 4 is 11.6 Å². The lowest BCUT2D eigenvalue weighted by atomic mass is 10.2. The Balaban J connectivity index is 2.06. The van der Waals surface area contributed by atoms with Gasteiger partial charge in [-0.1, -0.05) is 12.1 Å². The first kappa shape index (κ1) is 16.7. The summed E-state index contributed by atoms with van der Waals surface area (Å²) < 4.78 is 16.0. The molecule has 5 heteroatoms. The van der Waals surface area contributed by atoms with Crippen LogP contribution in [0.4, 0.5) is 5.69 Å². The predicted molar refractivity (Wildman–Crippen MR) is 89.4 cm³/mol. The van der Waals surface area contributed by atoms with Crippen LogP contribution in [0.25, 0.3) is 0 Å². The summed E-state index contributed by atoms with van der Waals surface area (Å²) in [5, 5.41) is 2.80. The molecule has 0 spiro atoms. The Morgan fingerprint density at radius 3 is 2.22 bits per heavy atom. The number of benzene rings is 2. The molecule has 0 aliphatic heterocycles. The van der Waals surface area contributed by atoms with Gasteiger partial charge >= 0.3 is 0 Å². The maximum atomic E-state index is 12.3. The minimum absolute atomic E-state index is 0.248. The highest BCUT2D eigenvalue weighted by Gasteiger charge is 2.16. The van der Waals surface area contributed by atoms with Crippen LogP contribution in [0.3, 0.4) is 0 Å². The van der Waals surface area contributed by atoms with Crippen molar-refractivity contribution in [1.82, 2.24) is 0 Å². The smallest absolute Gasteiger partial charge is 0.265 e. The second kappa shape index (κ2) is 7.54. The van der Waals surface area contributed by atoms with E-state index < -0.39 is 6.10 Å². The van der Waals surface area contributed by atoms with Crippen molar-refractivity contribution in [3.05, 3.63) is 48.0 Å². The quantitative estimate of drug-likeness (QED) is 0.887. The Bertz CT molecular complexity index is 662. The lowest BCUT2D eigenvalue weighted by Gasteiger charge is -2.16. The summed E-state index contributed by atoms with van der Waals surface area (Å²) in [5.41, 5.74) is 1.67. The number of carbonyl (C=O) groups is 1. The summed E-state index contributed by atoms with van der Waals surface area (Å²) in [7, 11) is 3.12. The normalized spacial score (nSPS) is 11.5. The van der Waals surface area contributed by atoms with Crippen LogP contribution in [0.5, 0.6) is 17.2 Å². The van der Waals surface area contributed by atoms with Gasteiger partial charge in [0.05, 0.1) is 14.2 Å². The largest absolute Gasteiger partial charge is 0.497 e. The van der Waals surface area contributed by atoms with Crippen molar-refractivity contribution in [2.75, 3.05) is 19.5 Å². The molecule has 2 rings (SSSR count). The highest BCUT2D eigenvalue weighted by atomic mass is 16.5. The third kappa shape index (κ3) is 4.64. The standard InChI is InChI=1S/C18H21NO4/c1-12-6-5-7-15(8-12)23-13(2)18(20)19-14-9-16(21-3)11-17(10-14)22-4/h5-11,13H,1-4H3,(H,19,20). The van der Waals surface area contributed by atoms with Gasteiger partial charge in [-0.15, -0.1) is 0 Å². The van der Waals surface area contributed by atoms with Crippen molar-refractivity contribution < 1.29 is 19.0 Å². The van der Waals surface area contributed by atoms with Crippen LogP contribution in [0.1, 0.15) is 12.5 Å². The van der Waals surface area contributed by atoms with Crippen molar-refractivity contribution in [1.29, 1.82) is 0 Å². The molecule has 0 aromatic heterocycles. The molecule has 0 saturated carbocycles. The zero-order valence-corrected chi connectivity index (χ0v) is 13.8. The zero-order chi connectivity index (χ0) is 16.8. The van der Waals surface area contributed by atoms with Crippen LogP contribution in [-0.4, -0.2) is 26.2 Å². The van der Waals surface area contributed by atoms with Gasteiger partial charge in [0, 0.05) is 23.9 Å². The number of nitrogens with one attached hydrogen (secondary N) is 1. The van der Waals surface area contributed by atoms with Crippen molar-refractivity contribution in [3.8, 4) is 17.2 Å². The Kier molecular flexibility index (Phi) is 5.46. The Morgan fingerprint density at radius 2 is 1.65 bits per heavy atom. The number of hydrogen-bond donors (Lipinski definition) is 1. The Labute approximate surface area is 136 Å². The van der Waals surface area contributed by atoms with Gasteiger partial charge in [-0.05, 0) is 31.5 Å². The van der Waals surface area contributed by atoms with E-state index >= 15 is 0 Å². The highest BCUT2D eigenvalue weighted by Crippen LogP contribution is 2.26. The lowest BCUT2D eigenvalue weighted by Crippen LogP contribution is -2.30. The Morgan fingerprint density at radius 1 is 1.00 bits per heavy atom. The average molecular weight is 315 g/mol. The maximum Gasteiger partial charge on any atom is 0.265 e. The minimum atomic E-state index is -0.631. The van der Waals surface area contributed by atoms with E-state index in [4.69, 9.17) is 14.2 Å². The fraction of sp³-hybridized carbons (Fsp3) is 0.278. The van der Waals surface area contributed by atoms with Crippen LogP contribution < -0.4 is 19.5 Å². The summed E-state index contributed by atoms with van der Waals surface area (Å²) in [6.45, 7) is 3.68. The van der Waals surface area contributed by atoms with E-state index in [-0.39, 0.29) is 5.91 Å². The molecule has 1 atom stereocenters. The number of carbonyl (C=O) groups excluding carboxylic acids is 1. The van der Waals surface area contributed by atoms with Gasteiger partial charge in [0.25, 0.3) is 5.91 Å². The summed E-state index contributed by atoms with van der Waals surface area (Å²) in [5.74, 6) is 1.62. The molecule has 1 unspecified atom stereocenters. The van der Waals surface area contributed by atoms with E-state index in [0.29, 0.717) is 22.9 Å². The number of hydrogen-bond acceptors (Lipinski definition) is 4. The van der Waals surface area contributed by atoms with Crippen molar-refractivity contribution in [2.24, 2.45) is 0 Å². The number of aryl methyl sites for hydroxylation is 1. The second-order valence-corrected chi connectivity index (χ2v) is 5.17. The van der Waals surface area contributed by atoms with Gasteiger partial charge in [0.1, 0.15) is 17.2 Å². The molecule has 1 amide bonds. The topological polar surface area (TPSA) is 56.8 Å².